The van der Waals surface area contributed by atoms with Gasteiger partial charge in [0.2, 0.25) is 5.91 Å². The van der Waals surface area contributed by atoms with E-state index in [0.29, 0.717) is 5.92 Å². The van der Waals surface area contributed by atoms with Crippen molar-refractivity contribution in [2.45, 2.75) is 38.3 Å². The molecule has 0 spiro atoms. The number of carbonyl (C=O) groups is 1. The summed E-state index contributed by atoms with van der Waals surface area (Å²) in [6.45, 7) is 4.51. The van der Waals surface area contributed by atoms with Crippen LogP contribution in [0.1, 0.15) is 42.9 Å². The summed E-state index contributed by atoms with van der Waals surface area (Å²) in [7, 11) is 0. The number of hydrogen-bond acceptors (Lipinski definition) is 3. The monoisotopic (exact) mass is 384 g/mol. The molecule has 1 aliphatic rings. The number of carbonyl (C=O) groups excluding carboxylic acids is 1. The molecule has 138 valence electrons. The third kappa shape index (κ3) is 4.97. The minimum atomic E-state index is -0.560. The summed E-state index contributed by atoms with van der Waals surface area (Å²) in [5.41, 5.74) is 8.29. The van der Waals surface area contributed by atoms with Crippen LogP contribution in [0.4, 0.5) is 0 Å². The Kier molecular flexibility index (Phi) is 8.42. The van der Waals surface area contributed by atoms with E-state index in [1.807, 2.05) is 46.1 Å². The maximum Gasteiger partial charge on any atom is 0.244 e. The molecule has 0 bridgehead atoms. The Labute approximate surface area is 161 Å². The SMILES string of the molecule is CCn1cc(C2CCN(C(=O)C(N)c3ccccc3)CC2)cn1.Cl.Cl. The number of hydrogen-bond donors (Lipinski definition) is 1. The number of halogens is 2. The number of aryl methyl sites for hydroxylation is 1. The van der Waals surface area contributed by atoms with Gasteiger partial charge < -0.3 is 10.6 Å². The number of aromatic nitrogens is 2. The van der Waals surface area contributed by atoms with Gasteiger partial charge in [-0.25, -0.2) is 0 Å². The van der Waals surface area contributed by atoms with Crippen molar-refractivity contribution in [1.82, 2.24) is 14.7 Å². The van der Waals surface area contributed by atoms with Crippen molar-refractivity contribution in [2.75, 3.05) is 13.1 Å². The molecule has 1 aromatic carbocycles. The molecule has 1 aromatic heterocycles. The van der Waals surface area contributed by atoms with Crippen molar-refractivity contribution < 1.29 is 4.79 Å². The lowest BCUT2D eigenvalue weighted by Crippen LogP contribution is -2.42. The maximum absolute atomic E-state index is 12.6. The van der Waals surface area contributed by atoms with E-state index in [9.17, 15) is 4.79 Å². The minimum absolute atomic E-state index is 0. The van der Waals surface area contributed by atoms with Crippen LogP contribution in [-0.4, -0.2) is 33.7 Å². The van der Waals surface area contributed by atoms with Crippen LogP contribution < -0.4 is 5.73 Å². The van der Waals surface area contributed by atoms with Gasteiger partial charge in [-0.1, -0.05) is 30.3 Å². The highest BCUT2D eigenvalue weighted by Crippen LogP contribution is 2.28. The summed E-state index contributed by atoms with van der Waals surface area (Å²) in [5, 5.41) is 4.35. The zero-order valence-corrected chi connectivity index (χ0v) is 16.0. The third-order valence-corrected chi connectivity index (χ3v) is 4.68. The average molecular weight is 385 g/mol. The molecule has 0 aliphatic carbocycles. The zero-order valence-electron chi connectivity index (χ0n) is 14.4. The second-order valence-electron chi connectivity index (χ2n) is 6.12. The molecule has 1 atom stereocenters. The number of piperidine rings is 1. The van der Waals surface area contributed by atoms with Crippen LogP contribution in [0.3, 0.4) is 0 Å². The van der Waals surface area contributed by atoms with E-state index < -0.39 is 6.04 Å². The lowest BCUT2D eigenvalue weighted by atomic mass is 9.91. The number of nitrogens with zero attached hydrogens (tertiary/aromatic N) is 3. The first kappa shape index (κ1) is 21.5. The molecular weight excluding hydrogens is 359 g/mol. The van der Waals surface area contributed by atoms with Gasteiger partial charge in [0, 0.05) is 25.8 Å². The molecule has 25 heavy (non-hydrogen) atoms. The molecule has 1 fully saturated rings. The first-order valence-corrected chi connectivity index (χ1v) is 8.30. The van der Waals surface area contributed by atoms with Crippen LogP contribution in [0.15, 0.2) is 42.7 Å². The Morgan fingerprint density at radius 3 is 2.44 bits per heavy atom. The van der Waals surface area contributed by atoms with Crippen molar-refractivity contribution in [2.24, 2.45) is 5.73 Å². The van der Waals surface area contributed by atoms with E-state index in [1.165, 1.54) is 5.56 Å². The molecule has 3 rings (SSSR count). The molecule has 2 N–H and O–H groups in total. The summed E-state index contributed by atoms with van der Waals surface area (Å²) in [6, 6.07) is 9.03. The van der Waals surface area contributed by atoms with E-state index in [1.54, 1.807) is 0 Å². The molecular formula is C18H26Cl2N4O. The summed E-state index contributed by atoms with van der Waals surface area (Å²) >= 11 is 0. The third-order valence-electron chi connectivity index (χ3n) is 4.68. The van der Waals surface area contributed by atoms with E-state index in [0.717, 1.165) is 38.0 Å². The Morgan fingerprint density at radius 2 is 1.88 bits per heavy atom. The molecule has 1 saturated heterocycles. The molecule has 1 unspecified atom stereocenters. The van der Waals surface area contributed by atoms with Gasteiger partial charge in [-0.05, 0) is 36.8 Å². The molecule has 5 nitrogen and oxygen atoms in total. The van der Waals surface area contributed by atoms with E-state index >= 15 is 0 Å². The first-order valence-electron chi connectivity index (χ1n) is 8.30. The molecule has 0 saturated carbocycles. The first-order chi connectivity index (χ1) is 11.2. The van der Waals surface area contributed by atoms with E-state index in [2.05, 4.69) is 18.2 Å². The van der Waals surface area contributed by atoms with Gasteiger partial charge in [0.1, 0.15) is 6.04 Å². The van der Waals surface area contributed by atoms with Gasteiger partial charge in [0.25, 0.3) is 0 Å². The highest BCUT2D eigenvalue weighted by molar-refractivity contribution is 5.85. The molecule has 1 aliphatic heterocycles. The quantitative estimate of drug-likeness (QED) is 0.880. The van der Waals surface area contributed by atoms with Crippen molar-refractivity contribution >= 4 is 30.7 Å². The number of nitrogens with two attached hydrogens (primary N) is 1. The van der Waals surface area contributed by atoms with Crippen LogP contribution >= 0.6 is 24.8 Å². The van der Waals surface area contributed by atoms with Gasteiger partial charge >= 0.3 is 0 Å². The summed E-state index contributed by atoms with van der Waals surface area (Å²) < 4.78 is 1.96. The number of amides is 1. The second kappa shape index (κ2) is 9.80. The Balaban J connectivity index is 0.00000156. The van der Waals surface area contributed by atoms with Crippen molar-refractivity contribution in [1.29, 1.82) is 0 Å². The van der Waals surface area contributed by atoms with Gasteiger partial charge in [-0.15, -0.1) is 24.8 Å². The fraction of sp³-hybridized carbons (Fsp3) is 0.444. The predicted molar refractivity (Wildman–Crippen MR) is 104 cm³/mol. The standard InChI is InChI=1S/C18H24N4O.2ClH/c1-2-22-13-16(12-20-22)14-8-10-21(11-9-14)18(23)17(19)15-6-4-3-5-7-15;;/h3-7,12-14,17H,2,8-11,19H2,1H3;2*1H. The average Bonchev–Trinajstić information content (AvgIpc) is 3.10. The summed E-state index contributed by atoms with van der Waals surface area (Å²) in [5.74, 6) is 0.520. The highest BCUT2D eigenvalue weighted by atomic mass is 35.5. The van der Waals surface area contributed by atoms with Crippen molar-refractivity contribution in [3.05, 3.63) is 53.9 Å². The van der Waals surface area contributed by atoms with Crippen LogP contribution in [-0.2, 0) is 11.3 Å². The van der Waals surface area contributed by atoms with E-state index in [-0.39, 0.29) is 30.7 Å². The fourth-order valence-corrected chi connectivity index (χ4v) is 3.20. The Morgan fingerprint density at radius 1 is 1.24 bits per heavy atom. The topological polar surface area (TPSA) is 64.2 Å². The van der Waals surface area contributed by atoms with Crippen LogP contribution in [0.5, 0.6) is 0 Å². The van der Waals surface area contributed by atoms with E-state index in [4.69, 9.17) is 5.73 Å². The lowest BCUT2D eigenvalue weighted by molar-refractivity contribution is -0.133. The molecule has 2 heterocycles. The maximum atomic E-state index is 12.6. The Bertz CT molecular complexity index is 654. The molecule has 0 radical (unpaired) electrons. The minimum Gasteiger partial charge on any atom is -0.341 e. The number of rotatable bonds is 4. The van der Waals surface area contributed by atoms with Gasteiger partial charge in [0.15, 0.2) is 0 Å². The van der Waals surface area contributed by atoms with Crippen LogP contribution in [0.2, 0.25) is 0 Å². The molecule has 1 amide bonds. The van der Waals surface area contributed by atoms with Crippen LogP contribution in [0, 0.1) is 0 Å². The van der Waals surface area contributed by atoms with Gasteiger partial charge in [0.05, 0.1) is 6.20 Å². The van der Waals surface area contributed by atoms with Crippen LogP contribution in [0.25, 0.3) is 0 Å². The number of likely N-dealkylation sites (tertiary alicyclic amines) is 1. The van der Waals surface area contributed by atoms with Gasteiger partial charge in [-0.2, -0.15) is 5.10 Å². The van der Waals surface area contributed by atoms with Crippen molar-refractivity contribution in [3.63, 3.8) is 0 Å². The second-order valence-corrected chi connectivity index (χ2v) is 6.12. The fourth-order valence-electron chi connectivity index (χ4n) is 3.20. The highest BCUT2D eigenvalue weighted by Gasteiger charge is 2.28. The van der Waals surface area contributed by atoms with Crippen molar-refractivity contribution in [3.8, 4) is 0 Å². The normalized spacial score (nSPS) is 15.8. The summed E-state index contributed by atoms with van der Waals surface area (Å²) in [6.07, 6.45) is 6.03. The lowest BCUT2D eigenvalue weighted by Gasteiger charge is -2.33. The molecule has 2 aromatic rings. The van der Waals surface area contributed by atoms with Gasteiger partial charge in [-0.3, -0.25) is 9.48 Å². The number of benzene rings is 1. The molecule has 7 heteroatoms. The Hall–Kier alpha value is -1.56. The zero-order chi connectivity index (χ0) is 16.2. The predicted octanol–water partition coefficient (Wildman–Crippen LogP) is 3.15. The summed E-state index contributed by atoms with van der Waals surface area (Å²) in [4.78, 5) is 14.5. The smallest absolute Gasteiger partial charge is 0.244 e. The largest absolute Gasteiger partial charge is 0.341 e.